The predicted octanol–water partition coefficient (Wildman–Crippen LogP) is 2.69. The van der Waals surface area contributed by atoms with E-state index in [2.05, 4.69) is 29.0 Å². The van der Waals surface area contributed by atoms with Crippen LogP contribution < -0.4 is 5.32 Å². The maximum Gasteiger partial charge on any atom is 0.0925 e. The van der Waals surface area contributed by atoms with Crippen molar-refractivity contribution < 1.29 is 0 Å². The lowest BCUT2D eigenvalue weighted by Gasteiger charge is -2.22. The number of nitrogens with one attached hydrogen (secondary N) is 1. The molecule has 0 unspecified atom stereocenters. The van der Waals surface area contributed by atoms with Crippen molar-refractivity contribution in [1.82, 2.24) is 10.3 Å². The highest BCUT2D eigenvalue weighted by Crippen LogP contribution is 2.18. The fraction of sp³-hybridized carbons (Fsp3) is 0.727. The second kappa shape index (κ2) is 5.87. The molecule has 1 saturated heterocycles. The maximum absolute atomic E-state index is 4.37. The van der Waals surface area contributed by atoms with E-state index >= 15 is 0 Å². The summed E-state index contributed by atoms with van der Waals surface area (Å²) in [6.07, 6.45) is 5.73. The van der Waals surface area contributed by atoms with E-state index in [1.807, 2.05) is 17.5 Å². The van der Waals surface area contributed by atoms with Gasteiger partial charge >= 0.3 is 0 Å². The van der Waals surface area contributed by atoms with Crippen LogP contribution in [0.15, 0.2) is 6.20 Å². The first-order chi connectivity index (χ1) is 7.38. The zero-order valence-electron chi connectivity index (χ0n) is 9.16. The lowest BCUT2D eigenvalue weighted by atomic mass is 10.1. The van der Waals surface area contributed by atoms with E-state index in [-0.39, 0.29) is 0 Å². The van der Waals surface area contributed by atoms with Gasteiger partial charge in [-0.15, -0.1) is 11.3 Å². The Morgan fingerprint density at radius 3 is 2.93 bits per heavy atom. The number of aromatic nitrogens is 1. The van der Waals surface area contributed by atoms with E-state index in [0.29, 0.717) is 0 Å². The minimum atomic E-state index is 0.735. The van der Waals surface area contributed by atoms with Crippen LogP contribution in [0.3, 0.4) is 0 Å². The lowest BCUT2D eigenvalue weighted by Crippen LogP contribution is -2.31. The highest BCUT2D eigenvalue weighted by molar-refractivity contribution is 7.99. The molecule has 2 rings (SSSR count). The van der Waals surface area contributed by atoms with Crippen molar-refractivity contribution in [2.24, 2.45) is 0 Å². The van der Waals surface area contributed by atoms with Gasteiger partial charge in [-0.25, -0.2) is 4.98 Å². The average Bonchev–Trinajstić information content (AvgIpc) is 2.76. The normalized spacial score (nSPS) is 18.2. The summed E-state index contributed by atoms with van der Waals surface area (Å²) in [5.74, 6) is 2.64. The highest BCUT2D eigenvalue weighted by Gasteiger charge is 2.13. The molecule has 1 aromatic rings. The number of aryl methyl sites for hydroxylation is 1. The summed E-state index contributed by atoms with van der Waals surface area (Å²) in [4.78, 5) is 5.75. The Labute approximate surface area is 99.9 Å². The number of rotatable bonds is 4. The van der Waals surface area contributed by atoms with Crippen LogP contribution in [0, 0.1) is 0 Å². The fourth-order valence-corrected chi connectivity index (χ4v) is 3.66. The summed E-state index contributed by atoms with van der Waals surface area (Å²) < 4.78 is 0. The van der Waals surface area contributed by atoms with Crippen molar-refractivity contribution in [2.45, 2.75) is 38.8 Å². The molecule has 0 atom stereocenters. The van der Waals surface area contributed by atoms with Crippen LogP contribution >= 0.6 is 23.1 Å². The van der Waals surface area contributed by atoms with Crippen LogP contribution in [0.25, 0.3) is 0 Å². The largest absolute Gasteiger partial charge is 0.309 e. The Kier molecular flexibility index (Phi) is 4.47. The molecule has 1 N–H and O–H groups in total. The number of thioether (sulfide) groups is 1. The van der Waals surface area contributed by atoms with Crippen LogP contribution in [0.2, 0.25) is 0 Å². The molecule has 0 bridgehead atoms. The molecular formula is C11H18N2S2. The molecule has 0 saturated carbocycles. The van der Waals surface area contributed by atoms with E-state index in [1.54, 1.807) is 0 Å². The third-order valence-corrected chi connectivity index (χ3v) is 4.88. The number of thiazole rings is 1. The Bertz CT molecular complexity index is 293. The first kappa shape index (κ1) is 11.4. The molecule has 15 heavy (non-hydrogen) atoms. The summed E-state index contributed by atoms with van der Waals surface area (Å²) in [5, 5.41) is 4.89. The van der Waals surface area contributed by atoms with Crippen molar-refractivity contribution in [3.05, 3.63) is 16.1 Å². The summed E-state index contributed by atoms with van der Waals surface area (Å²) >= 11 is 3.92. The Morgan fingerprint density at radius 1 is 1.47 bits per heavy atom. The molecule has 1 aliphatic rings. The SMILES string of the molecule is CCc1ncc(CNC2CCSCC2)s1. The smallest absolute Gasteiger partial charge is 0.0925 e. The van der Waals surface area contributed by atoms with Crippen molar-refractivity contribution in [1.29, 1.82) is 0 Å². The van der Waals surface area contributed by atoms with Gasteiger partial charge in [0.25, 0.3) is 0 Å². The van der Waals surface area contributed by atoms with Crippen LogP contribution in [0.1, 0.15) is 29.7 Å². The second-order valence-electron chi connectivity index (χ2n) is 3.84. The van der Waals surface area contributed by atoms with Gasteiger partial charge in [-0.05, 0) is 30.8 Å². The third kappa shape index (κ3) is 3.47. The van der Waals surface area contributed by atoms with Gasteiger partial charge in [0.15, 0.2) is 0 Å². The number of hydrogen-bond acceptors (Lipinski definition) is 4. The molecule has 1 aliphatic heterocycles. The zero-order valence-corrected chi connectivity index (χ0v) is 10.8. The first-order valence-corrected chi connectivity index (χ1v) is 7.60. The Morgan fingerprint density at radius 2 is 2.27 bits per heavy atom. The summed E-state index contributed by atoms with van der Waals surface area (Å²) in [6.45, 7) is 3.17. The van der Waals surface area contributed by atoms with Gasteiger partial charge in [0, 0.05) is 23.7 Å². The van der Waals surface area contributed by atoms with E-state index < -0.39 is 0 Å². The summed E-state index contributed by atoms with van der Waals surface area (Å²) in [7, 11) is 0. The molecule has 0 amide bonds. The minimum absolute atomic E-state index is 0.735. The highest BCUT2D eigenvalue weighted by atomic mass is 32.2. The zero-order chi connectivity index (χ0) is 10.5. The molecule has 84 valence electrons. The third-order valence-electron chi connectivity index (χ3n) is 2.69. The molecule has 0 aliphatic carbocycles. The van der Waals surface area contributed by atoms with Gasteiger partial charge in [-0.1, -0.05) is 6.92 Å². The second-order valence-corrected chi connectivity index (χ2v) is 6.27. The van der Waals surface area contributed by atoms with E-state index in [0.717, 1.165) is 19.0 Å². The quantitative estimate of drug-likeness (QED) is 0.879. The molecule has 2 nitrogen and oxygen atoms in total. The average molecular weight is 242 g/mol. The van der Waals surface area contributed by atoms with Crippen molar-refractivity contribution in [3.8, 4) is 0 Å². The van der Waals surface area contributed by atoms with Crippen molar-refractivity contribution in [2.75, 3.05) is 11.5 Å². The van der Waals surface area contributed by atoms with Gasteiger partial charge < -0.3 is 5.32 Å². The molecule has 0 radical (unpaired) electrons. The molecule has 4 heteroatoms. The summed E-state index contributed by atoms with van der Waals surface area (Å²) in [6, 6.07) is 0.735. The minimum Gasteiger partial charge on any atom is -0.309 e. The topological polar surface area (TPSA) is 24.9 Å². The van der Waals surface area contributed by atoms with E-state index in [4.69, 9.17) is 0 Å². The van der Waals surface area contributed by atoms with Gasteiger partial charge in [-0.2, -0.15) is 11.8 Å². The Balaban J connectivity index is 1.76. The number of hydrogen-bond donors (Lipinski definition) is 1. The molecule has 0 spiro atoms. The fourth-order valence-electron chi connectivity index (χ4n) is 1.74. The monoisotopic (exact) mass is 242 g/mol. The molecule has 0 aromatic carbocycles. The molecule has 2 heterocycles. The van der Waals surface area contributed by atoms with Crippen LogP contribution in [0.4, 0.5) is 0 Å². The van der Waals surface area contributed by atoms with E-state index in [9.17, 15) is 0 Å². The molecule has 1 aromatic heterocycles. The van der Waals surface area contributed by atoms with Gasteiger partial charge in [0.05, 0.1) is 5.01 Å². The van der Waals surface area contributed by atoms with Gasteiger partial charge in [-0.3, -0.25) is 0 Å². The van der Waals surface area contributed by atoms with Crippen molar-refractivity contribution >= 4 is 23.1 Å². The predicted molar refractivity (Wildman–Crippen MR) is 68.7 cm³/mol. The Hall–Kier alpha value is -0.0600. The lowest BCUT2D eigenvalue weighted by molar-refractivity contribution is 0.484. The maximum atomic E-state index is 4.37. The van der Waals surface area contributed by atoms with Gasteiger partial charge in [0.1, 0.15) is 0 Å². The first-order valence-electron chi connectivity index (χ1n) is 5.63. The van der Waals surface area contributed by atoms with Gasteiger partial charge in [0.2, 0.25) is 0 Å². The molecule has 1 fully saturated rings. The number of nitrogens with zero attached hydrogens (tertiary/aromatic N) is 1. The van der Waals surface area contributed by atoms with Crippen LogP contribution in [0.5, 0.6) is 0 Å². The molecular weight excluding hydrogens is 224 g/mol. The van der Waals surface area contributed by atoms with Crippen LogP contribution in [-0.4, -0.2) is 22.5 Å². The summed E-state index contributed by atoms with van der Waals surface area (Å²) in [5.41, 5.74) is 0. The van der Waals surface area contributed by atoms with Crippen molar-refractivity contribution in [3.63, 3.8) is 0 Å². The van der Waals surface area contributed by atoms with Crippen LogP contribution in [-0.2, 0) is 13.0 Å². The standard InChI is InChI=1S/C11H18N2S2/c1-2-11-13-8-10(15-11)7-12-9-3-5-14-6-4-9/h8-9,12H,2-7H2,1H3. The van der Waals surface area contributed by atoms with E-state index in [1.165, 1.54) is 34.2 Å².